The van der Waals surface area contributed by atoms with Crippen LogP contribution in [0.25, 0.3) is 0 Å². The summed E-state index contributed by atoms with van der Waals surface area (Å²) in [6.45, 7) is -0.123. The van der Waals surface area contributed by atoms with E-state index in [4.69, 9.17) is 16.3 Å². The van der Waals surface area contributed by atoms with Crippen LogP contribution in [0.5, 0.6) is 11.5 Å². The topological polar surface area (TPSA) is 88.7 Å². The van der Waals surface area contributed by atoms with Gasteiger partial charge in [0.1, 0.15) is 29.2 Å². The molecule has 188 valence electrons. The van der Waals surface area contributed by atoms with Crippen LogP contribution in [0, 0.1) is 11.6 Å². The van der Waals surface area contributed by atoms with Gasteiger partial charge in [0.15, 0.2) is 0 Å². The second-order valence-corrected chi connectivity index (χ2v) is 8.67. The third-order valence-electron chi connectivity index (χ3n) is 5.89. The zero-order valence-corrected chi connectivity index (χ0v) is 18.8. The summed E-state index contributed by atoms with van der Waals surface area (Å²) in [5.41, 5.74) is -1.15. The molecule has 2 aliphatic rings. The smallest absolute Gasteiger partial charge is 0.497 e. The average molecular weight is 520 g/mol. The number of alkyl halides is 3. The van der Waals surface area contributed by atoms with Crippen LogP contribution in [-0.2, 0) is 10.3 Å². The van der Waals surface area contributed by atoms with Gasteiger partial charge < -0.3 is 25.4 Å². The number of halogens is 6. The molecule has 35 heavy (non-hydrogen) atoms. The van der Waals surface area contributed by atoms with E-state index < -0.39 is 53.2 Å². The molecule has 1 saturated carbocycles. The minimum atomic E-state index is -4.93. The summed E-state index contributed by atoms with van der Waals surface area (Å²) in [6, 6.07) is 3.29. The van der Waals surface area contributed by atoms with Gasteiger partial charge in [-0.2, -0.15) is 0 Å². The molecule has 2 aromatic carbocycles. The van der Waals surface area contributed by atoms with Gasteiger partial charge in [0, 0.05) is 35.2 Å². The highest BCUT2D eigenvalue weighted by Gasteiger charge is 2.48. The molecule has 2 aromatic rings. The largest absolute Gasteiger partial charge is 0.573 e. The number of urea groups is 1. The number of carbonyl (C=O) groups excluding carboxylic acids is 2. The lowest BCUT2D eigenvalue weighted by Gasteiger charge is -2.24. The molecule has 7 nitrogen and oxygen atoms in total. The summed E-state index contributed by atoms with van der Waals surface area (Å²) in [5, 5.41) is 7.49. The molecule has 1 aliphatic heterocycles. The van der Waals surface area contributed by atoms with Crippen molar-refractivity contribution >= 4 is 23.5 Å². The van der Waals surface area contributed by atoms with E-state index in [-0.39, 0.29) is 28.4 Å². The fourth-order valence-corrected chi connectivity index (χ4v) is 4.35. The highest BCUT2D eigenvalue weighted by Crippen LogP contribution is 2.47. The van der Waals surface area contributed by atoms with Crippen LogP contribution in [0.15, 0.2) is 30.3 Å². The number of hydrogen-bond acceptors (Lipinski definition) is 4. The average Bonchev–Trinajstić information content (AvgIpc) is 3.44. The molecule has 2 fully saturated rings. The van der Waals surface area contributed by atoms with Gasteiger partial charge >= 0.3 is 12.4 Å². The van der Waals surface area contributed by atoms with Gasteiger partial charge in [0.05, 0.1) is 12.6 Å². The fourth-order valence-electron chi connectivity index (χ4n) is 4.13. The van der Waals surface area contributed by atoms with E-state index in [9.17, 15) is 31.5 Å². The predicted molar refractivity (Wildman–Crippen MR) is 113 cm³/mol. The summed E-state index contributed by atoms with van der Waals surface area (Å²) in [4.78, 5) is 25.1. The highest BCUT2D eigenvalue weighted by atomic mass is 35.5. The maximum Gasteiger partial charge on any atom is 0.573 e. The molecule has 1 saturated heterocycles. The minimum Gasteiger partial charge on any atom is -0.497 e. The maximum absolute atomic E-state index is 14.6. The summed E-state index contributed by atoms with van der Waals surface area (Å²) >= 11 is 5.94. The van der Waals surface area contributed by atoms with E-state index in [0.29, 0.717) is 12.8 Å². The van der Waals surface area contributed by atoms with Gasteiger partial charge in [0.2, 0.25) is 5.91 Å². The SMILES string of the molecule is COc1cc(F)c([C@@H]2CNC(=O)[C@H]2NC(=O)NC2(c3cc(Cl)cc(OC(F)(F)F)c3)CC2)c(F)c1. The number of benzene rings is 2. The van der Waals surface area contributed by atoms with Crippen molar-refractivity contribution in [2.45, 2.75) is 36.7 Å². The fraction of sp³-hybridized carbons (Fsp3) is 0.364. The van der Waals surface area contributed by atoms with E-state index in [0.717, 1.165) is 24.3 Å². The first-order valence-electron chi connectivity index (χ1n) is 10.4. The standard InChI is InChI=1S/C22H19ClF5N3O4/c1-34-12-7-15(24)17(16(25)8-12)14-9-29-19(32)18(14)30-20(33)31-21(2-3-21)10-4-11(23)6-13(5-10)35-22(26,27)28/h4-8,14,18H,2-3,9H2,1H3,(H,29,32)(H2,30,31,33)/t14-,18-/m0/s1. The van der Waals surface area contributed by atoms with Crippen molar-refractivity contribution in [1.82, 2.24) is 16.0 Å². The van der Waals surface area contributed by atoms with Crippen LogP contribution >= 0.6 is 11.6 Å². The molecule has 4 rings (SSSR count). The Labute approximate surface area is 200 Å². The van der Waals surface area contributed by atoms with Crippen LogP contribution in [0.3, 0.4) is 0 Å². The van der Waals surface area contributed by atoms with Crippen LogP contribution < -0.4 is 25.4 Å². The zero-order chi connectivity index (χ0) is 25.5. The van der Waals surface area contributed by atoms with Crippen LogP contribution in [0.2, 0.25) is 5.02 Å². The van der Waals surface area contributed by atoms with Crippen LogP contribution in [0.4, 0.5) is 26.7 Å². The van der Waals surface area contributed by atoms with E-state index >= 15 is 0 Å². The van der Waals surface area contributed by atoms with Crippen molar-refractivity contribution in [3.8, 4) is 11.5 Å². The Kier molecular flexibility index (Phi) is 6.43. The lowest BCUT2D eigenvalue weighted by molar-refractivity contribution is -0.274. The van der Waals surface area contributed by atoms with Crippen LogP contribution in [0.1, 0.15) is 29.9 Å². The third kappa shape index (κ3) is 5.37. The monoisotopic (exact) mass is 519 g/mol. The molecule has 0 spiro atoms. The molecule has 2 atom stereocenters. The lowest BCUT2D eigenvalue weighted by atomic mass is 9.92. The molecule has 0 radical (unpaired) electrons. The Hall–Kier alpha value is -3.28. The van der Waals surface area contributed by atoms with Gasteiger partial charge in [-0.25, -0.2) is 13.6 Å². The summed E-state index contributed by atoms with van der Waals surface area (Å²) < 4.78 is 75.8. The summed E-state index contributed by atoms with van der Waals surface area (Å²) in [6.07, 6.45) is -4.16. The third-order valence-corrected chi connectivity index (χ3v) is 6.11. The molecular formula is C22H19ClF5N3O4. The Morgan fingerprint density at radius 2 is 1.77 bits per heavy atom. The molecule has 0 bridgehead atoms. The van der Waals surface area contributed by atoms with E-state index in [1.807, 2.05) is 0 Å². The van der Waals surface area contributed by atoms with Crippen LogP contribution in [-0.4, -0.2) is 38.0 Å². The first-order chi connectivity index (χ1) is 16.4. The van der Waals surface area contributed by atoms with Gasteiger partial charge in [-0.15, -0.1) is 13.2 Å². The number of hydrogen-bond donors (Lipinski definition) is 3. The molecule has 3 N–H and O–H groups in total. The second-order valence-electron chi connectivity index (χ2n) is 8.24. The van der Waals surface area contributed by atoms with E-state index in [1.165, 1.54) is 13.2 Å². The Morgan fingerprint density at radius 3 is 2.34 bits per heavy atom. The predicted octanol–water partition coefficient (Wildman–Crippen LogP) is 4.10. The Bertz CT molecular complexity index is 1150. The van der Waals surface area contributed by atoms with Gasteiger partial charge in [-0.05, 0) is 36.6 Å². The van der Waals surface area contributed by atoms with Crippen molar-refractivity contribution in [2.75, 3.05) is 13.7 Å². The van der Waals surface area contributed by atoms with Gasteiger partial charge in [-0.1, -0.05) is 11.6 Å². The van der Waals surface area contributed by atoms with Gasteiger partial charge in [0.25, 0.3) is 0 Å². The molecule has 13 heteroatoms. The first-order valence-corrected chi connectivity index (χ1v) is 10.7. The summed E-state index contributed by atoms with van der Waals surface area (Å²) in [5.74, 6) is -4.17. The lowest BCUT2D eigenvalue weighted by Crippen LogP contribution is -2.50. The number of amides is 3. The number of ether oxygens (including phenoxy) is 2. The molecule has 0 aromatic heterocycles. The van der Waals surface area contributed by atoms with Crippen molar-refractivity contribution in [2.24, 2.45) is 0 Å². The quantitative estimate of drug-likeness (QED) is 0.502. The van der Waals surface area contributed by atoms with Gasteiger partial charge in [-0.3, -0.25) is 4.79 Å². The molecule has 1 aliphatic carbocycles. The maximum atomic E-state index is 14.6. The Balaban J connectivity index is 1.52. The van der Waals surface area contributed by atoms with Crippen molar-refractivity contribution in [1.29, 1.82) is 0 Å². The normalized spacial score (nSPS) is 20.7. The minimum absolute atomic E-state index is 0.0316. The first kappa shape index (κ1) is 24.8. The number of carbonyl (C=O) groups is 2. The molecular weight excluding hydrogens is 501 g/mol. The zero-order valence-electron chi connectivity index (χ0n) is 18.1. The highest BCUT2D eigenvalue weighted by molar-refractivity contribution is 6.30. The molecule has 3 amide bonds. The number of rotatable bonds is 6. The number of methoxy groups -OCH3 is 1. The Morgan fingerprint density at radius 1 is 1.11 bits per heavy atom. The van der Waals surface area contributed by atoms with Crippen molar-refractivity contribution in [3.05, 3.63) is 58.1 Å². The molecule has 0 unspecified atom stereocenters. The number of nitrogens with one attached hydrogen (secondary N) is 3. The van der Waals surface area contributed by atoms with E-state index in [1.54, 1.807) is 0 Å². The van der Waals surface area contributed by atoms with Crippen molar-refractivity contribution in [3.63, 3.8) is 0 Å². The second kappa shape index (κ2) is 9.06. The molecule has 1 heterocycles. The summed E-state index contributed by atoms with van der Waals surface area (Å²) in [7, 11) is 1.25. The van der Waals surface area contributed by atoms with Crippen molar-refractivity contribution < 1.29 is 41.0 Å². The van der Waals surface area contributed by atoms with E-state index in [2.05, 4.69) is 20.7 Å².